The first kappa shape index (κ1) is 10.9. The number of carbonyl (C=O) groups is 1. The van der Waals surface area contributed by atoms with E-state index in [1.54, 1.807) is 18.2 Å². The second-order valence-electron chi connectivity index (χ2n) is 2.41. The third-order valence-corrected chi connectivity index (χ3v) is 4.21. The van der Waals surface area contributed by atoms with Crippen LogP contribution in [0, 0.1) is 0 Å². The Bertz CT molecular complexity index is 308. The molecule has 0 heterocycles. The zero-order valence-corrected chi connectivity index (χ0v) is 10.2. The molecule has 5 heteroatoms. The summed E-state index contributed by atoms with van der Waals surface area (Å²) in [4.78, 5) is 10.3. The Morgan fingerprint density at radius 3 is 2.31 bits per heavy atom. The molecule has 13 heavy (non-hydrogen) atoms. The van der Waals surface area contributed by atoms with Crippen LogP contribution in [0.1, 0.15) is 0 Å². The maximum absolute atomic E-state index is 10.3. The molecule has 1 aromatic rings. The number of benzene rings is 1. The fourth-order valence-electron chi connectivity index (χ4n) is 0.834. The summed E-state index contributed by atoms with van der Waals surface area (Å²) in [6.07, 6.45) is 0. The van der Waals surface area contributed by atoms with Crippen molar-refractivity contribution in [2.45, 2.75) is 5.21 Å². The van der Waals surface area contributed by atoms with Gasteiger partial charge in [0.25, 0.3) is 0 Å². The average Bonchev–Trinajstić information content (AvgIpc) is 1.99. The number of carboxylic acids is 1. The van der Waals surface area contributed by atoms with Crippen molar-refractivity contribution >= 4 is 49.3 Å². The zero-order chi connectivity index (χ0) is 9.84. The summed E-state index contributed by atoms with van der Waals surface area (Å²) in [5.74, 6) is -0.768. The fourth-order valence-corrected chi connectivity index (χ4v) is 3.57. The number of aliphatic carboxylic acids is 1. The van der Waals surface area contributed by atoms with Crippen molar-refractivity contribution in [3.8, 4) is 0 Å². The van der Waals surface area contributed by atoms with Gasteiger partial charge in [-0.15, -0.1) is 0 Å². The van der Waals surface area contributed by atoms with Gasteiger partial charge in [-0.25, -0.2) is 0 Å². The van der Waals surface area contributed by atoms with Gasteiger partial charge in [0.1, 0.15) is 0 Å². The van der Waals surface area contributed by atoms with E-state index in [0.29, 0.717) is 10.0 Å². The molecule has 1 aromatic carbocycles. The van der Waals surface area contributed by atoms with Gasteiger partial charge in [0.05, 0.1) is 0 Å². The van der Waals surface area contributed by atoms with E-state index in [2.05, 4.69) is 0 Å². The normalized spacial score (nSPS) is 10.9. The van der Waals surface area contributed by atoms with Gasteiger partial charge in [-0.3, -0.25) is 0 Å². The van der Waals surface area contributed by atoms with Crippen LogP contribution in [-0.2, 0) is 4.79 Å². The van der Waals surface area contributed by atoms with Crippen LogP contribution in [0.25, 0.3) is 0 Å². The third-order valence-electron chi connectivity index (χ3n) is 1.31. The second kappa shape index (κ2) is 4.90. The topological polar surface area (TPSA) is 37.3 Å². The Kier molecular flexibility index (Phi) is 4.11. The van der Waals surface area contributed by atoms with E-state index in [1.807, 2.05) is 0 Å². The van der Waals surface area contributed by atoms with Gasteiger partial charge in [-0.05, 0) is 0 Å². The van der Waals surface area contributed by atoms with E-state index in [9.17, 15) is 4.79 Å². The predicted molar refractivity (Wildman–Crippen MR) is 55.7 cm³/mol. The van der Waals surface area contributed by atoms with Crippen LogP contribution in [0.5, 0.6) is 0 Å². The molecule has 0 aliphatic rings. The van der Waals surface area contributed by atoms with Gasteiger partial charge < -0.3 is 0 Å². The van der Waals surface area contributed by atoms with E-state index in [4.69, 9.17) is 28.3 Å². The number of hydrogen-bond acceptors (Lipinski definition) is 1. The summed E-state index contributed by atoms with van der Waals surface area (Å²) in [6.45, 7) is 0. The molecule has 0 aromatic heterocycles. The second-order valence-corrected chi connectivity index (χ2v) is 5.97. The van der Waals surface area contributed by atoms with E-state index in [0.717, 1.165) is 4.35 Å². The van der Waals surface area contributed by atoms with Gasteiger partial charge in [-0.2, -0.15) is 0 Å². The van der Waals surface area contributed by atoms with Crippen molar-refractivity contribution in [2.75, 3.05) is 0 Å². The quantitative estimate of drug-likeness (QED) is 0.854. The minimum atomic E-state index is -0.768. The molecular weight excluding hydrogens is 274 g/mol. The first-order valence-corrected chi connectivity index (χ1v) is 6.78. The van der Waals surface area contributed by atoms with Gasteiger partial charge in [0.2, 0.25) is 0 Å². The van der Waals surface area contributed by atoms with E-state index in [-0.39, 0.29) is 5.21 Å². The minimum absolute atomic E-state index is 0.219. The molecule has 2 nitrogen and oxygen atoms in total. The maximum atomic E-state index is 10.3. The Labute approximate surface area is 92.5 Å². The molecule has 0 amide bonds. The first-order valence-electron chi connectivity index (χ1n) is 3.49. The van der Waals surface area contributed by atoms with E-state index in [1.165, 1.54) is 0 Å². The van der Waals surface area contributed by atoms with Crippen LogP contribution < -0.4 is 4.35 Å². The number of halogens is 2. The molecular formula is C8H7AsCl2O2. The Morgan fingerprint density at radius 2 is 1.85 bits per heavy atom. The SMILES string of the molecule is O=C(O)C[AsH]c1cc(Cl)cc(Cl)c1. The summed E-state index contributed by atoms with van der Waals surface area (Å²) in [7, 11) is 0. The van der Waals surface area contributed by atoms with Gasteiger partial charge in [0, 0.05) is 0 Å². The fraction of sp³-hybridized carbons (Fsp3) is 0.125. The molecule has 0 spiro atoms. The monoisotopic (exact) mass is 280 g/mol. The summed E-state index contributed by atoms with van der Waals surface area (Å²) in [5.41, 5.74) is 0. The van der Waals surface area contributed by atoms with Crippen LogP contribution in [0.2, 0.25) is 15.3 Å². The van der Waals surface area contributed by atoms with Crippen molar-refractivity contribution in [1.29, 1.82) is 0 Å². The third kappa shape index (κ3) is 4.03. The zero-order valence-electron chi connectivity index (χ0n) is 6.55. The van der Waals surface area contributed by atoms with Crippen LogP contribution in [0.3, 0.4) is 0 Å². The van der Waals surface area contributed by atoms with Gasteiger partial charge in [0.15, 0.2) is 0 Å². The van der Waals surface area contributed by atoms with Crippen molar-refractivity contribution in [1.82, 2.24) is 0 Å². The van der Waals surface area contributed by atoms with Crippen LogP contribution in [0.15, 0.2) is 18.2 Å². The van der Waals surface area contributed by atoms with Crippen molar-refractivity contribution in [3.63, 3.8) is 0 Å². The van der Waals surface area contributed by atoms with Crippen molar-refractivity contribution in [2.24, 2.45) is 0 Å². The van der Waals surface area contributed by atoms with E-state index >= 15 is 0 Å². The van der Waals surface area contributed by atoms with Crippen LogP contribution in [-0.4, -0.2) is 26.8 Å². The number of carboxylic acid groups (broad SMARTS) is 1. The first-order chi connectivity index (χ1) is 6.08. The number of hydrogen-bond donors (Lipinski definition) is 1. The summed E-state index contributed by atoms with van der Waals surface area (Å²) < 4.78 is 0.972. The summed E-state index contributed by atoms with van der Waals surface area (Å²) >= 11 is 10.9. The standard InChI is InChI=1S/C8H7AsCl2O2/c10-6-1-5(2-7(11)3-6)9-4-8(12)13/h1-3,9H,4H2,(H,12,13). The Hall–Kier alpha value is -0.172. The predicted octanol–water partition coefficient (Wildman–Crippen LogP) is 1.56. The molecule has 1 rings (SSSR count). The van der Waals surface area contributed by atoms with Gasteiger partial charge >= 0.3 is 92.6 Å². The molecule has 0 saturated carbocycles. The Balaban J connectivity index is 2.71. The van der Waals surface area contributed by atoms with Crippen LogP contribution in [0.4, 0.5) is 0 Å². The molecule has 0 aliphatic carbocycles. The molecule has 0 saturated heterocycles. The molecule has 0 radical (unpaired) electrons. The van der Waals surface area contributed by atoms with Crippen molar-refractivity contribution in [3.05, 3.63) is 28.2 Å². The molecule has 1 atom stereocenters. The van der Waals surface area contributed by atoms with Gasteiger partial charge in [-0.1, -0.05) is 0 Å². The van der Waals surface area contributed by atoms with Crippen molar-refractivity contribution < 1.29 is 9.90 Å². The Morgan fingerprint density at radius 1 is 1.31 bits per heavy atom. The summed E-state index contributed by atoms with van der Waals surface area (Å²) in [6, 6.07) is 5.19. The van der Waals surface area contributed by atoms with Crippen LogP contribution >= 0.6 is 23.2 Å². The molecule has 70 valence electrons. The molecule has 1 unspecified atom stereocenters. The molecule has 0 bridgehead atoms. The number of rotatable bonds is 3. The molecule has 0 aliphatic heterocycles. The molecule has 0 fully saturated rings. The average molecular weight is 281 g/mol. The summed E-state index contributed by atoms with van der Waals surface area (Å²) in [5, 5.41) is 9.83. The molecule has 1 N–H and O–H groups in total. The van der Waals surface area contributed by atoms with E-state index < -0.39 is 21.7 Å².